The average Bonchev–Trinajstić information content (AvgIpc) is 2.61. The molecule has 0 saturated heterocycles. The van der Waals surface area contributed by atoms with Crippen molar-refractivity contribution in [3.8, 4) is 0 Å². The van der Waals surface area contributed by atoms with Crippen LogP contribution in [0.15, 0.2) is 18.3 Å². The van der Waals surface area contributed by atoms with E-state index < -0.39 is 0 Å². The largest absolute Gasteiger partial charge is 0.376 e. The van der Waals surface area contributed by atoms with Crippen LogP contribution in [-0.2, 0) is 0 Å². The number of aryl methyl sites for hydroxylation is 2. The van der Waals surface area contributed by atoms with Gasteiger partial charge in [-0.3, -0.25) is 0 Å². The van der Waals surface area contributed by atoms with E-state index in [-0.39, 0.29) is 6.04 Å². The first-order chi connectivity index (χ1) is 8.06. The van der Waals surface area contributed by atoms with Gasteiger partial charge in [0.05, 0.1) is 28.6 Å². The van der Waals surface area contributed by atoms with Crippen LogP contribution in [0.1, 0.15) is 28.5 Å². The van der Waals surface area contributed by atoms with Crippen LogP contribution < -0.4 is 5.32 Å². The highest BCUT2D eigenvalue weighted by Crippen LogP contribution is 2.27. The first-order valence-electron chi connectivity index (χ1n) is 5.38. The van der Waals surface area contributed by atoms with Crippen LogP contribution in [0.5, 0.6) is 0 Å². The zero-order valence-electron chi connectivity index (χ0n) is 9.99. The summed E-state index contributed by atoms with van der Waals surface area (Å²) < 4.78 is 0. The molecule has 0 aliphatic carbocycles. The molecule has 2 aromatic rings. The fourth-order valence-corrected chi connectivity index (χ4v) is 2.77. The molecule has 0 bridgehead atoms. The summed E-state index contributed by atoms with van der Waals surface area (Å²) in [4.78, 5) is 9.74. The van der Waals surface area contributed by atoms with Crippen molar-refractivity contribution in [2.45, 2.75) is 26.8 Å². The third-order valence-corrected chi connectivity index (χ3v) is 3.92. The molecule has 2 aromatic heterocycles. The van der Waals surface area contributed by atoms with E-state index in [0.717, 1.165) is 16.4 Å². The summed E-state index contributed by atoms with van der Waals surface area (Å²) in [5, 5.41) is 4.99. The van der Waals surface area contributed by atoms with E-state index in [2.05, 4.69) is 22.2 Å². The van der Waals surface area contributed by atoms with Gasteiger partial charge in [-0.1, -0.05) is 11.6 Å². The summed E-state index contributed by atoms with van der Waals surface area (Å²) in [7, 11) is 0. The highest BCUT2D eigenvalue weighted by Gasteiger charge is 2.12. The van der Waals surface area contributed by atoms with E-state index in [1.165, 1.54) is 4.88 Å². The van der Waals surface area contributed by atoms with E-state index in [1.807, 2.05) is 19.9 Å². The lowest BCUT2D eigenvalue weighted by Crippen LogP contribution is -2.06. The van der Waals surface area contributed by atoms with Crippen molar-refractivity contribution >= 4 is 28.6 Å². The zero-order valence-corrected chi connectivity index (χ0v) is 11.6. The van der Waals surface area contributed by atoms with Gasteiger partial charge in [-0.25, -0.2) is 9.97 Å². The molecule has 90 valence electrons. The van der Waals surface area contributed by atoms with Gasteiger partial charge in [-0.05, 0) is 32.9 Å². The Morgan fingerprint density at radius 1 is 1.35 bits per heavy atom. The molecule has 3 nitrogen and oxygen atoms in total. The van der Waals surface area contributed by atoms with Gasteiger partial charge in [0.1, 0.15) is 5.15 Å². The molecular weight excluding hydrogens is 254 g/mol. The molecule has 0 saturated carbocycles. The van der Waals surface area contributed by atoms with Crippen LogP contribution in [0.2, 0.25) is 5.15 Å². The highest BCUT2D eigenvalue weighted by atomic mass is 35.5. The predicted molar refractivity (Wildman–Crippen MR) is 72.9 cm³/mol. The SMILES string of the molecule is Cc1nc(C)c(C(C)Nc2ccc(Cl)nc2)s1. The molecule has 2 rings (SSSR count). The summed E-state index contributed by atoms with van der Waals surface area (Å²) in [5.41, 5.74) is 2.06. The minimum absolute atomic E-state index is 0.226. The number of halogens is 1. The molecule has 1 unspecified atom stereocenters. The first-order valence-corrected chi connectivity index (χ1v) is 6.57. The lowest BCUT2D eigenvalue weighted by atomic mass is 10.2. The third-order valence-electron chi connectivity index (χ3n) is 2.44. The van der Waals surface area contributed by atoms with Crippen molar-refractivity contribution in [1.29, 1.82) is 0 Å². The Labute approximate surface area is 110 Å². The van der Waals surface area contributed by atoms with Gasteiger partial charge in [0.2, 0.25) is 0 Å². The second-order valence-electron chi connectivity index (χ2n) is 3.92. The fourth-order valence-electron chi connectivity index (χ4n) is 1.73. The molecule has 0 amide bonds. The van der Waals surface area contributed by atoms with Crippen LogP contribution in [0.4, 0.5) is 5.69 Å². The third kappa shape index (κ3) is 2.96. The van der Waals surface area contributed by atoms with Crippen molar-refractivity contribution in [3.63, 3.8) is 0 Å². The number of nitrogens with one attached hydrogen (secondary N) is 1. The quantitative estimate of drug-likeness (QED) is 0.855. The van der Waals surface area contributed by atoms with Crippen molar-refractivity contribution in [2.75, 3.05) is 5.32 Å². The Bertz CT molecular complexity index is 507. The number of hydrogen-bond donors (Lipinski definition) is 1. The van der Waals surface area contributed by atoms with Crippen LogP contribution in [0.25, 0.3) is 0 Å². The van der Waals surface area contributed by atoms with Gasteiger partial charge in [-0.2, -0.15) is 0 Å². The predicted octanol–water partition coefficient (Wildman–Crippen LogP) is 3.98. The molecule has 0 aliphatic rings. The van der Waals surface area contributed by atoms with E-state index in [0.29, 0.717) is 5.15 Å². The number of thiazole rings is 1. The van der Waals surface area contributed by atoms with E-state index in [4.69, 9.17) is 11.6 Å². The molecule has 0 aliphatic heterocycles. The van der Waals surface area contributed by atoms with E-state index >= 15 is 0 Å². The minimum Gasteiger partial charge on any atom is -0.376 e. The van der Waals surface area contributed by atoms with Crippen LogP contribution >= 0.6 is 22.9 Å². The summed E-state index contributed by atoms with van der Waals surface area (Å²) in [6.07, 6.45) is 1.74. The zero-order chi connectivity index (χ0) is 12.4. The fraction of sp³-hybridized carbons (Fsp3) is 0.333. The van der Waals surface area contributed by atoms with Gasteiger partial charge >= 0.3 is 0 Å². The Balaban J connectivity index is 2.14. The molecule has 0 fully saturated rings. The van der Waals surface area contributed by atoms with Gasteiger partial charge in [0.15, 0.2) is 0 Å². The second-order valence-corrected chi connectivity index (χ2v) is 5.54. The molecule has 5 heteroatoms. The average molecular weight is 268 g/mol. The molecule has 1 N–H and O–H groups in total. The molecule has 2 heterocycles. The Kier molecular flexibility index (Phi) is 3.64. The molecule has 0 radical (unpaired) electrons. The standard InChI is InChI=1S/C12H14ClN3S/c1-7-12(17-9(3)15-7)8(2)16-10-4-5-11(13)14-6-10/h4-6,8,16H,1-3H3. The number of aromatic nitrogens is 2. The summed E-state index contributed by atoms with van der Waals surface area (Å²) >= 11 is 7.47. The minimum atomic E-state index is 0.226. The normalized spacial score (nSPS) is 12.5. The number of nitrogens with zero attached hydrogens (tertiary/aromatic N) is 2. The number of pyridine rings is 1. The maximum absolute atomic E-state index is 5.75. The van der Waals surface area contributed by atoms with Gasteiger partial charge in [-0.15, -0.1) is 11.3 Å². The number of rotatable bonds is 3. The van der Waals surface area contributed by atoms with Crippen molar-refractivity contribution in [3.05, 3.63) is 39.1 Å². The molecule has 0 aromatic carbocycles. The van der Waals surface area contributed by atoms with E-state index in [9.17, 15) is 0 Å². The van der Waals surface area contributed by atoms with Crippen molar-refractivity contribution in [2.24, 2.45) is 0 Å². The Hall–Kier alpha value is -1.13. The molecule has 0 spiro atoms. The highest BCUT2D eigenvalue weighted by molar-refractivity contribution is 7.11. The smallest absolute Gasteiger partial charge is 0.129 e. The Morgan fingerprint density at radius 2 is 2.12 bits per heavy atom. The summed E-state index contributed by atoms with van der Waals surface area (Å²) in [6.45, 7) is 6.18. The summed E-state index contributed by atoms with van der Waals surface area (Å²) in [6, 6.07) is 3.93. The Morgan fingerprint density at radius 3 is 2.65 bits per heavy atom. The maximum Gasteiger partial charge on any atom is 0.129 e. The second kappa shape index (κ2) is 5.02. The monoisotopic (exact) mass is 267 g/mol. The van der Waals surface area contributed by atoms with Crippen molar-refractivity contribution < 1.29 is 0 Å². The van der Waals surface area contributed by atoms with E-state index in [1.54, 1.807) is 23.6 Å². The van der Waals surface area contributed by atoms with Crippen LogP contribution in [0, 0.1) is 13.8 Å². The first kappa shape index (κ1) is 12.3. The lowest BCUT2D eigenvalue weighted by Gasteiger charge is -2.13. The van der Waals surface area contributed by atoms with Gasteiger partial charge < -0.3 is 5.32 Å². The molecule has 17 heavy (non-hydrogen) atoms. The number of anilines is 1. The van der Waals surface area contributed by atoms with Crippen LogP contribution in [-0.4, -0.2) is 9.97 Å². The lowest BCUT2D eigenvalue weighted by molar-refractivity contribution is 0.888. The van der Waals surface area contributed by atoms with Gasteiger partial charge in [0.25, 0.3) is 0 Å². The van der Waals surface area contributed by atoms with Crippen LogP contribution in [0.3, 0.4) is 0 Å². The number of hydrogen-bond acceptors (Lipinski definition) is 4. The van der Waals surface area contributed by atoms with Gasteiger partial charge in [0, 0.05) is 4.88 Å². The maximum atomic E-state index is 5.75. The molecule has 1 atom stereocenters. The topological polar surface area (TPSA) is 37.8 Å². The van der Waals surface area contributed by atoms with Crippen molar-refractivity contribution in [1.82, 2.24) is 9.97 Å². The summed E-state index contributed by atoms with van der Waals surface area (Å²) in [5.74, 6) is 0. The molecular formula is C12H14ClN3S.